The van der Waals surface area contributed by atoms with Crippen molar-refractivity contribution in [2.75, 3.05) is 5.32 Å². The second-order valence-electron chi connectivity index (χ2n) is 5.94. The van der Waals surface area contributed by atoms with Crippen molar-refractivity contribution in [2.24, 2.45) is 0 Å². The highest BCUT2D eigenvalue weighted by Gasteiger charge is 2.11. The van der Waals surface area contributed by atoms with Crippen molar-refractivity contribution in [3.63, 3.8) is 0 Å². The Bertz CT molecular complexity index is 947. The molecule has 2 aromatic carbocycles. The SMILES string of the molecule is O=C(/C=C/c1cnc2ccccc2n1)Nc1ccc2c(c1)CCC2. The molecule has 24 heavy (non-hydrogen) atoms. The molecule has 1 heterocycles. The number of carbonyl (C=O) groups excluding carboxylic acids is 1. The molecule has 118 valence electrons. The average molecular weight is 315 g/mol. The van der Waals surface area contributed by atoms with Crippen LogP contribution >= 0.6 is 0 Å². The lowest BCUT2D eigenvalue weighted by Crippen LogP contribution is -2.08. The standard InChI is InChI=1S/C20H17N3O/c24-20(23-16-9-8-14-4-3-5-15(14)12-16)11-10-17-13-21-18-6-1-2-7-19(18)22-17/h1-2,6-13H,3-5H2,(H,23,24)/b11-10+. The Morgan fingerprint density at radius 1 is 1.04 bits per heavy atom. The summed E-state index contributed by atoms with van der Waals surface area (Å²) >= 11 is 0. The van der Waals surface area contributed by atoms with E-state index in [9.17, 15) is 4.79 Å². The molecule has 0 spiro atoms. The van der Waals surface area contributed by atoms with Gasteiger partial charge in [-0.2, -0.15) is 0 Å². The zero-order valence-corrected chi connectivity index (χ0v) is 13.2. The Labute approximate surface area is 140 Å². The first-order chi connectivity index (χ1) is 11.8. The first-order valence-electron chi connectivity index (χ1n) is 8.10. The summed E-state index contributed by atoms with van der Waals surface area (Å²) in [5.41, 5.74) is 5.91. The van der Waals surface area contributed by atoms with Crippen LogP contribution in [0.15, 0.2) is 54.7 Å². The molecule has 1 aliphatic rings. The second kappa shape index (κ2) is 6.24. The van der Waals surface area contributed by atoms with Crippen molar-refractivity contribution >= 4 is 28.7 Å². The van der Waals surface area contributed by atoms with Crippen LogP contribution in [-0.4, -0.2) is 15.9 Å². The first-order valence-corrected chi connectivity index (χ1v) is 8.10. The minimum Gasteiger partial charge on any atom is -0.323 e. The summed E-state index contributed by atoms with van der Waals surface area (Å²) in [4.78, 5) is 20.9. The fourth-order valence-corrected chi connectivity index (χ4v) is 3.05. The van der Waals surface area contributed by atoms with Crippen molar-refractivity contribution in [3.05, 3.63) is 71.6 Å². The lowest BCUT2D eigenvalue weighted by atomic mass is 10.1. The summed E-state index contributed by atoms with van der Waals surface area (Å²) in [5, 5.41) is 2.91. The number of anilines is 1. The van der Waals surface area contributed by atoms with E-state index in [1.807, 2.05) is 30.3 Å². The maximum Gasteiger partial charge on any atom is 0.248 e. The molecular formula is C20H17N3O. The van der Waals surface area contributed by atoms with Gasteiger partial charge in [0, 0.05) is 11.8 Å². The normalized spacial score (nSPS) is 13.3. The minimum atomic E-state index is -0.164. The van der Waals surface area contributed by atoms with E-state index >= 15 is 0 Å². The fourth-order valence-electron chi connectivity index (χ4n) is 3.05. The van der Waals surface area contributed by atoms with Crippen LogP contribution in [-0.2, 0) is 17.6 Å². The predicted molar refractivity (Wildman–Crippen MR) is 95.7 cm³/mol. The van der Waals surface area contributed by atoms with Gasteiger partial charge >= 0.3 is 0 Å². The van der Waals surface area contributed by atoms with Gasteiger partial charge in [0.2, 0.25) is 5.91 Å². The zero-order valence-electron chi connectivity index (χ0n) is 13.2. The van der Waals surface area contributed by atoms with E-state index in [0.717, 1.165) is 29.6 Å². The third-order valence-corrected chi connectivity index (χ3v) is 4.24. The van der Waals surface area contributed by atoms with Crippen LogP contribution < -0.4 is 5.32 Å². The Morgan fingerprint density at radius 2 is 1.88 bits per heavy atom. The van der Waals surface area contributed by atoms with Crippen LogP contribution in [0.25, 0.3) is 17.1 Å². The van der Waals surface area contributed by atoms with Crippen LogP contribution in [0.1, 0.15) is 23.2 Å². The number of nitrogens with one attached hydrogen (secondary N) is 1. The van der Waals surface area contributed by atoms with Crippen LogP contribution in [0.4, 0.5) is 5.69 Å². The maximum atomic E-state index is 12.1. The van der Waals surface area contributed by atoms with Gasteiger partial charge in [0.1, 0.15) is 0 Å². The van der Waals surface area contributed by atoms with E-state index in [1.165, 1.54) is 23.6 Å². The number of para-hydroxylation sites is 2. The monoisotopic (exact) mass is 315 g/mol. The summed E-state index contributed by atoms with van der Waals surface area (Å²) in [6.07, 6.45) is 8.29. The Hall–Kier alpha value is -3.01. The molecule has 4 heteroatoms. The molecule has 3 aromatic rings. The molecule has 4 rings (SSSR count). The number of aromatic nitrogens is 2. The Balaban J connectivity index is 1.47. The number of benzene rings is 2. The minimum absolute atomic E-state index is 0.164. The lowest BCUT2D eigenvalue weighted by molar-refractivity contribution is -0.111. The van der Waals surface area contributed by atoms with Crippen molar-refractivity contribution in [2.45, 2.75) is 19.3 Å². The number of hydrogen-bond donors (Lipinski definition) is 1. The van der Waals surface area contributed by atoms with Crippen molar-refractivity contribution in [1.82, 2.24) is 9.97 Å². The molecule has 0 radical (unpaired) electrons. The first kappa shape index (κ1) is 14.6. The van der Waals surface area contributed by atoms with Crippen molar-refractivity contribution in [3.8, 4) is 0 Å². The van der Waals surface area contributed by atoms with E-state index in [-0.39, 0.29) is 5.91 Å². The molecule has 0 atom stereocenters. The van der Waals surface area contributed by atoms with Gasteiger partial charge in [0.15, 0.2) is 0 Å². The van der Waals surface area contributed by atoms with E-state index in [2.05, 4.69) is 27.4 Å². The molecule has 4 nitrogen and oxygen atoms in total. The predicted octanol–water partition coefficient (Wildman–Crippen LogP) is 3.77. The quantitative estimate of drug-likeness (QED) is 0.749. The number of carbonyl (C=O) groups is 1. The molecular weight excluding hydrogens is 298 g/mol. The second-order valence-corrected chi connectivity index (χ2v) is 5.94. The van der Waals surface area contributed by atoms with E-state index < -0.39 is 0 Å². The average Bonchev–Trinajstić information content (AvgIpc) is 3.07. The van der Waals surface area contributed by atoms with Gasteiger partial charge in [-0.3, -0.25) is 9.78 Å². The molecule has 1 N–H and O–H groups in total. The van der Waals surface area contributed by atoms with Crippen LogP contribution in [0.5, 0.6) is 0 Å². The van der Waals surface area contributed by atoms with Crippen LogP contribution in [0.3, 0.4) is 0 Å². The van der Waals surface area contributed by atoms with Gasteiger partial charge in [-0.1, -0.05) is 18.2 Å². The molecule has 1 amide bonds. The summed E-state index contributed by atoms with van der Waals surface area (Å²) in [5.74, 6) is -0.164. The summed E-state index contributed by atoms with van der Waals surface area (Å²) in [7, 11) is 0. The number of amides is 1. The van der Waals surface area contributed by atoms with Gasteiger partial charge in [-0.15, -0.1) is 0 Å². The van der Waals surface area contributed by atoms with Crippen LogP contribution in [0, 0.1) is 0 Å². The van der Waals surface area contributed by atoms with E-state index in [0.29, 0.717) is 5.69 Å². The number of rotatable bonds is 3. The molecule has 0 unspecified atom stereocenters. The number of hydrogen-bond acceptors (Lipinski definition) is 3. The fraction of sp³-hybridized carbons (Fsp3) is 0.150. The summed E-state index contributed by atoms with van der Waals surface area (Å²) < 4.78 is 0. The smallest absolute Gasteiger partial charge is 0.248 e. The molecule has 0 aliphatic heterocycles. The van der Waals surface area contributed by atoms with Gasteiger partial charge in [0.25, 0.3) is 0 Å². The molecule has 0 fully saturated rings. The molecule has 0 bridgehead atoms. The topological polar surface area (TPSA) is 54.9 Å². The Kier molecular flexibility index (Phi) is 3.79. The van der Waals surface area contributed by atoms with E-state index in [1.54, 1.807) is 12.3 Å². The largest absolute Gasteiger partial charge is 0.323 e. The highest BCUT2D eigenvalue weighted by Crippen LogP contribution is 2.24. The third kappa shape index (κ3) is 3.04. The summed E-state index contributed by atoms with van der Waals surface area (Å²) in [6.45, 7) is 0. The molecule has 0 saturated heterocycles. The van der Waals surface area contributed by atoms with Gasteiger partial charge in [-0.05, 0) is 60.7 Å². The van der Waals surface area contributed by atoms with Gasteiger partial charge < -0.3 is 5.32 Å². The van der Waals surface area contributed by atoms with E-state index in [4.69, 9.17) is 0 Å². The van der Waals surface area contributed by atoms with Crippen LogP contribution in [0.2, 0.25) is 0 Å². The maximum absolute atomic E-state index is 12.1. The molecule has 0 saturated carbocycles. The van der Waals surface area contributed by atoms with Gasteiger partial charge in [-0.25, -0.2) is 4.98 Å². The highest BCUT2D eigenvalue weighted by atomic mass is 16.1. The van der Waals surface area contributed by atoms with Gasteiger partial charge in [0.05, 0.1) is 22.9 Å². The van der Waals surface area contributed by atoms with Crippen molar-refractivity contribution < 1.29 is 4.79 Å². The molecule has 1 aliphatic carbocycles. The number of aryl methyl sites for hydroxylation is 2. The Morgan fingerprint density at radius 3 is 2.79 bits per heavy atom. The zero-order chi connectivity index (χ0) is 16.4. The third-order valence-electron chi connectivity index (χ3n) is 4.24. The number of nitrogens with zero attached hydrogens (tertiary/aromatic N) is 2. The lowest BCUT2D eigenvalue weighted by Gasteiger charge is -2.05. The number of fused-ring (bicyclic) bond motifs is 2. The van der Waals surface area contributed by atoms with Crippen molar-refractivity contribution in [1.29, 1.82) is 0 Å². The summed E-state index contributed by atoms with van der Waals surface area (Å²) in [6, 6.07) is 13.8. The highest BCUT2D eigenvalue weighted by molar-refractivity contribution is 6.01. The molecule has 1 aromatic heterocycles.